The Bertz CT molecular complexity index is 3640. The largest absolute Gasteiger partial charge is 0.309 e. The summed E-state index contributed by atoms with van der Waals surface area (Å²) >= 11 is 1.87. The van der Waals surface area contributed by atoms with Crippen LogP contribution >= 0.6 is 11.3 Å². The summed E-state index contributed by atoms with van der Waals surface area (Å²) in [6.45, 7) is 0. The van der Waals surface area contributed by atoms with Crippen molar-refractivity contribution in [3.05, 3.63) is 194 Å². The number of thiophene rings is 1. The van der Waals surface area contributed by atoms with Crippen LogP contribution in [0.2, 0.25) is 0 Å². The average Bonchev–Trinajstić information content (AvgIpc) is 3.93. The smallest absolute Gasteiger partial charge is 0.0548 e. The average molecular weight is 741 g/mol. The van der Waals surface area contributed by atoms with E-state index in [9.17, 15) is 0 Å². The van der Waals surface area contributed by atoms with Gasteiger partial charge in [0.05, 0.1) is 22.1 Å². The summed E-state index contributed by atoms with van der Waals surface area (Å²) in [6, 6.07) is 72.1. The lowest BCUT2D eigenvalue weighted by atomic mass is 9.81. The Labute approximate surface area is 332 Å². The number of benzene rings is 9. The van der Waals surface area contributed by atoms with Crippen molar-refractivity contribution in [3.63, 3.8) is 0 Å². The predicted octanol–water partition coefficient (Wildman–Crippen LogP) is 15.2. The highest BCUT2D eigenvalue weighted by atomic mass is 32.1. The van der Waals surface area contributed by atoms with Gasteiger partial charge in [0.1, 0.15) is 0 Å². The fraction of sp³-hybridized carbons (Fsp3) is 0. The van der Waals surface area contributed by atoms with Gasteiger partial charge in [-0.2, -0.15) is 0 Å². The Morgan fingerprint density at radius 2 is 0.667 bits per heavy atom. The lowest BCUT2D eigenvalue weighted by molar-refractivity contribution is 1.17. The van der Waals surface area contributed by atoms with Crippen LogP contribution in [0.4, 0.5) is 0 Å². The summed E-state index contributed by atoms with van der Waals surface area (Å²) in [7, 11) is 0. The maximum Gasteiger partial charge on any atom is 0.0548 e. The van der Waals surface area contributed by atoms with Crippen LogP contribution in [-0.2, 0) is 0 Å². The van der Waals surface area contributed by atoms with Crippen LogP contribution in [0.25, 0.3) is 120 Å². The molecule has 2 nitrogen and oxygen atoms in total. The molecule has 0 atom stereocenters. The third-order valence-electron chi connectivity index (χ3n) is 12.3. The molecule has 0 saturated carbocycles. The van der Waals surface area contributed by atoms with E-state index < -0.39 is 0 Å². The van der Waals surface area contributed by atoms with Gasteiger partial charge < -0.3 is 9.13 Å². The summed E-state index contributed by atoms with van der Waals surface area (Å²) < 4.78 is 7.59. The van der Waals surface area contributed by atoms with Crippen LogP contribution in [0.3, 0.4) is 0 Å². The number of fused-ring (bicyclic) bond motifs is 18. The van der Waals surface area contributed by atoms with Gasteiger partial charge in [-0.1, -0.05) is 140 Å². The summed E-state index contributed by atoms with van der Waals surface area (Å²) in [4.78, 5) is 0. The maximum atomic E-state index is 2.49. The van der Waals surface area contributed by atoms with Gasteiger partial charge in [0.25, 0.3) is 0 Å². The fourth-order valence-corrected chi connectivity index (χ4v) is 11.1. The monoisotopic (exact) mass is 740 g/mol. The van der Waals surface area contributed by atoms with Crippen molar-refractivity contribution < 1.29 is 0 Å². The first-order valence-corrected chi connectivity index (χ1v) is 20.4. The zero-order valence-electron chi connectivity index (χ0n) is 30.8. The van der Waals surface area contributed by atoms with Crippen LogP contribution in [-0.4, -0.2) is 9.13 Å². The molecule has 0 saturated heterocycles. The second-order valence-corrected chi connectivity index (χ2v) is 16.3. The molecule has 3 aromatic heterocycles. The summed E-state index contributed by atoms with van der Waals surface area (Å²) in [5.74, 6) is 0. The number of aromatic nitrogens is 2. The molecule has 3 heteroatoms. The van der Waals surface area contributed by atoms with E-state index in [2.05, 4.69) is 203 Å². The van der Waals surface area contributed by atoms with Crippen molar-refractivity contribution in [1.82, 2.24) is 9.13 Å². The maximum absolute atomic E-state index is 2.49. The Morgan fingerprint density at radius 1 is 0.263 bits per heavy atom. The number of hydrogen-bond acceptors (Lipinski definition) is 1. The van der Waals surface area contributed by atoms with E-state index >= 15 is 0 Å². The van der Waals surface area contributed by atoms with Gasteiger partial charge in [-0.25, -0.2) is 0 Å². The molecule has 1 aliphatic carbocycles. The molecule has 3 heterocycles. The number of hydrogen-bond donors (Lipinski definition) is 0. The number of nitrogens with zero attached hydrogens (tertiary/aromatic N) is 2. The Balaban J connectivity index is 1.09. The molecule has 57 heavy (non-hydrogen) atoms. The second kappa shape index (κ2) is 11.7. The number of para-hydroxylation sites is 2. The predicted molar refractivity (Wildman–Crippen MR) is 243 cm³/mol. The fourth-order valence-electron chi connectivity index (χ4n) is 9.92. The molecule has 0 N–H and O–H groups in total. The molecule has 0 spiro atoms. The van der Waals surface area contributed by atoms with Crippen LogP contribution in [0, 0.1) is 0 Å². The molecular formula is C54H32N2S. The van der Waals surface area contributed by atoms with E-state index in [4.69, 9.17) is 0 Å². The van der Waals surface area contributed by atoms with Gasteiger partial charge in [0.15, 0.2) is 0 Å². The highest BCUT2D eigenvalue weighted by Gasteiger charge is 2.24. The first-order chi connectivity index (χ1) is 28.3. The molecule has 0 aliphatic heterocycles. The molecule has 0 bridgehead atoms. The van der Waals surface area contributed by atoms with Gasteiger partial charge in [0.2, 0.25) is 0 Å². The Morgan fingerprint density at radius 3 is 1.23 bits per heavy atom. The third kappa shape index (κ3) is 4.29. The van der Waals surface area contributed by atoms with E-state index in [0.29, 0.717) is 0 Å². The molecule has 1 aliphatic rings. The highest BCUT2D eigenvalue weighted by Crippen LogP contribution is 2.49. The topological polar surface area (TPSA) is 9.86 Å². The summed E-state index contributed by atoms with van der Waals surface area (Å²) in [5.41, 5.74) is 17.2. The Hall–Kier alpha value is -7.20. The first kappa shape index (κ1) is 31.1. The lowest BCUT2D eigenvalue weighted by Crippen LogP contribution is -2.00. The highest BCUT2D eigenvalue weighted by molar-refractivity contribution is 7.25. The Kier molecular flexibility index (Phi) is 6.35. The van der Waals surface area contributed by atoms with Crippen molar-refractivity contribution in [1.29, 1.82) is 0 Å². The van der Waals surface area contributed by atoms with Crippen molar-refractivity contribution in [3.8, 4) is 55.9 Å². The van der Waals surface area contributed by atoms with E-state index in [1.165, 1.54) is 114 Å². The summed E-state index contributed by atoms with van der Waals surface area (Å²) in [6.07, 6.45) is 0. The zero-order valence-corrected chi connectivity index (χ0v) is 31.6. The second-order valence-electron chi connectivity index (χ2n) is 15.2. The molecule has 0 fully saturated rings. The van der Waals surface area contributed by atoms with E-state index in [0.717, 1.165) is 5.69 Å². The zero-order chi connectivity index (χ0) is 37.2. The molecule has 0 amide bonds. The molecule has 0 unspecified atom stereocenters. The van der Waals surface area contributed by atoms with Crippen LogP contribution in [0.15, 0.2) is 194 Å². The third-order valence-corrected chi connectivity index (χ3v) is 13.4. The normalized spacial score (nSPS) is 12.2. The van der Waals surface area contributed by atoms with Crippen LogP contribution in [0.5, 0.6) is 0 Å². The first-order valence-electron chi connectivity index (χ1n) is 19.6. The minimum absolute atomic E-state index is 1.15. The molecule has 0 radical (unpaired) electrons. The summed E-state index contributed by atoms with van der Waals surface area (Å²) in [5, 5.41) is 7.74. The SMILES string of the molecule is c1ccc2c(c1)-c1ccccc1-c1ccc(-n3c4ccccc4c4c5c6ccccc6n(-c6ccc7c(c6)sc6ccccc67)c5ccc43)cc1-c1ccccc1-2. The van der Waals surface area contributed by atoms with Crippen molar-refractivity contribution in [2.75, 3.05) is 0 Å². The minimum Gasteiger partial charge on any atom is -0.309 e. The van der Waals surface area contributed by atoms with Gasteiger partial charge in [-0.15, -0.1) is 11.3 Å². The molecule has 12 aromatic rings. The quantitative estimate of drug-likeness (QED) is 0.167. The van der Waals surface area contributed by atoms with Gasteiger partial charge in [-0.05, 0) is 99.1 Å². The lowest BCUT2D eigenvalue weighted by Gasteiger charge is -2.23. The van der Waals surface area contributed by atoms with Crippen LogP contribution < -0.4 is 0 Å². The number of rotatable bonds is 2. The van der Waals surface area contributed by atoms with Crippen molar-refractivity contribution in [2.45, 2.75) is 0 Å². The van der Waals surface area contributed by atoms with E-state index in [-0.39, 0.29) is 0 Å². The van der Waals surface area contributed by atoms with E-state index in [1.54, 1.807) is 0 Å². The van der Waals surface area contributed by atoms with Crippen molar-refractivity contribution in [2.24, 2.45) is 0 Å². The van der Waals surface area contributed by atoms with E-state index in [1.807, 2.05) is 11.3 Å². The molecular weight excluding hydrogens is 709 g/mol. The van der Waals surface area contributed by atoms with Crippen LogP contribution in [0.1, 0.15) is 0 Å². The van der Waals surface area contributed by atoms with Crippen molar-refractivity contribution >= 4 is 75.1 Å². The standard InChI is InChI=1S/C54H32N2S/c1-2-14-36-35(13-1)37-15-3-4-17-39(37)41-27-25-33(31-46(41)40-18-6-5-16-38(36)40)55-47-22-10-7-20-44(47)53-49(55)29-30-50-54(53)45-21-8-11-23-48(45)56(50)34-26-28-43-42-19-9-12-24-51(42)57-52(43)32-34/h1-32H. The minimum atomic E-state index is 1.15. The molecule has 9 aromatic carbocycles. The van der Waals surface area contributed by atoms with Gasteiger partial charge in [0, 0.05) is 53.1 Å². The molecule has 264 valence electrons. The van der Waals surface area contributed by atoms with Gasteiger partial charge in [-0.3, -0.25) is 0 Å². The molecule has 13 rings (SSSR count). The van der Waals surface area contributed by atoms with Gasteiger partial charge >= 0.3 is 0 Å².